The molecular weight excluding hydrogens is 424 g/mol. The Morgan fingerprint density at radius 2 is 1.29 bits per heavy atom. The van der Waals surface area contributed by atoms with Crippen LogP contribution in [0.15, 0.2) is 60.7 Å². The highest BCUT2D eigenvalue weighted by Gasteiger charge is 2.27. The van der Waals surface area contributed by atoms with E-state index in [9.17, 15) is 19.8 Å². The van der Waals surface area contributed by atoms with Crippen LogP contribution in [0.1, 0.15) is 83.7 Å². The molecule has 1 saturated carbocycles. The lowest BCUT2D eigenvalue weighted by atomic mass is 9.75. The molecule has 4 rings (SSSR count). The molecule has 1 fully saturated rings. The molecule has 0 aliphatic heterocycles. The second-order valence-corrected chi connectivity index (χ2v) is 9.70. The molecule has 0 radical (unpaired) electrons. The van der Waals surface area contributed by atoms with Gasteiger partial charge in [0, 0.05) is 0 Å². The number of aromatic carboxylic acids is 2. The lowest BCUT2D eigenvalue weighted by Gasteiger charge is -2.29. The minimum absolute atomic E-state index is 0.238. The Hall–Kier alpha value is -3.40. The van der Waals surface area contributed by atoms with Gasteiger partial charge in [0.15, 0.2) is 0 Å². The number of hydrogen-bond donors (Lipinski definition) is 2. The van der Waals surface area contributed by atoms with Crippen molar-refractivity contribution in [2.24, 2.45) is 5.92 Å². The molecule has 3 aromatic rings. The molecule has 0 heterocycles. The molecule has 0 spiro atoms. The Labute approximate surface area is 201 Å². The van der Waals surface area contributed by atoms with Crippen LogP contribution >= 0.6 is 0 Å². The summed E-state index contributed by atoms with van der Waals surface area (Å²) in [6.07, 6.45) is 6.42. The largest absolute Gasteiger partial charge is 0.478 e. The van der Waals surface area contributed by atoms with Crippen LogP contribution in [0.4, 0.5) is 0 Å². The van der Waals surface area contributed by atoms with Gasteiger partial charge in [0.05, 0.1) is 11.1 Å². The first-order chi connectivity index (χ1) is 16.4. The van der Waals surface area contributed by atoms with Crippen LogP contribution in [0, 0.1) is 5.92 Å². The van der Waals surface area contributed by atoms with Gasteiger partial charge in [0.2, 0.25) is 0 Å². The predicted octanol–water partition coefficient (Wildman–Crippen LogP) is 7.66. The van der Waals surface area contributed by atoms with Crippen molar-refractivity contribution >= 4 is 11.9 Å². The molecule has 0 unspecified atom stereocenters. The quantitative estimate of drug-likeness (QED) is 0.383. The van der Waals surface area contributed by atoms with E-state index in [1.165, 1.54) is 6.42 Å². The van der Waals surface area contributed by atoms with Gasteiger partial charge in [-0.1, -0.05) is 81.6 Å². The minimum atomic E-state index is -0.980. The van der Waals surface area contributed by atoms with Crippen molar-refractivity contribution < 1.29 is 19.8 Å². The topological polar surface area (TPSA) is 74.6 Å². The van der Waals surface area contributed by atoms with Gasteiger partial charge in [0.25, 0.3) is 0 Å². The monoisotopic (exact) mass is 456 g/mol. The van der Waals surface area contributed by atoms with Gasteiger partial charge in [-0.15, -0.1) is 0 Å². The van der Waals surface area contributed by atoms with Gasteiger partial charge in [0.1, 0.15) is 0 Å². The van der Waals surface area contributed by atoms with Crippen molar-refractivity contribution in [2.45, 2.75) is 58.3 Å². The number of rotatable bonds is 7. The van der Waals surface area contributed by atoms with Crippen molar-refractivity contribution in [1.29, 1.82) is 0 Å². The summed E-state index contributed by atoms with van der Waals surface area (Å²) >= 11 is 0. The smallest absolute Gasteiger partial charge is 0.336 e. The predicted molar refractivity (Wildman–Crippen MR) is 136 cm³/mol. The zero-order valence-corrected chi connectivity index (χ0v) is 19.9. The van der Waals surface area contributed by atoms with Crippen molar-refractivity contribution in [1.82, 2.24) is 0 Å². The lowest BCUT2D eigenvalue weighted by Crippen LogP contribution is -2.11. The molecule has 4 nitrogen and oxygen atoms in total. The molecule has 3 aromatic carbocycles. The zero-order chi connectivity index (χ0) is 24.2. The fraction of sp³-hybridized carbons (Fsp3) is 0.333. The fourth-order valence-corrected chi connectivity index (χ4v) is 5.40. The first-order valence-corrected chi connectivity index (χ1v) is 12.2. The van der Waals surface area contributed by atoms with E-state index in [2.05, 4.69) is 26.0 Å². The van der Waals surface area contributed by atoms with Crippen LogP contribution in [0.2, 0.25) is 0 Å². The van der Waals surface area contributed by atoms with Crippen molar-refractivity contribution in [3.8, 4) is 22.3 Å². The summed E-state index contributed by atoms with van der Waals surface area (Å²) in [7, 11) is 0. The van der Waals surface area contributed by atoms with E-state index in [4.69, 9.17) is 0 Å². The first-order valence-electron chi connectivity index (χ1n) is 12.2. The molecule has 0 saturated heterocycles. The SMILES string of the molecule is CC(C)Cc1ccc(C2CCCCC2)c(-c2ccccc2C(=O)O)c1-c1ccccc1C(=O)O. The second kappa shape index (κ2) is 10.3. The van der Waals surface area contributed by atoms with Crippen LogP contribution in [0.3, 0.4) is 0 Å². The van der Waals surface area contributed by atoms with Crippen molar-refractivity contribution in [3.05, 3.63) is 82.9 Å². The van der Waals surface area contributed by atoms with E-state index in [0.29, 0.717) is 23.0 Å². The molecule has 34 heavy (non-hydrogen) atoms. The average molecular weight is 457 g/mol. The number of carboxylic acids is 2. The fourth-order valence-electron chi connectivity index (χ4n) is 5.40. The summed E-state index contributed by atoms with van der Waals surface area (Å²) in [6.45, 7) is 4.29. The van der Waals surface area contributed by atoms with Crippen LogP contribution < -0.4 is 0 Å². The van der Waals surface area contributed by atoms with E-state index < -0.39 is 11.9 Å². The molecule has 0 amide bonds. The van der Waals surface area contributed by atoms with E-state index in [1.807, 2.05) is 24.3 Å². The molecule has 0 aromatic heterocycles. The third-order valence-electron chi connectivity index (χ3n) is 6.85. The number of benzene rings is 3. The van der Waals surface area contributed by atoms with Gasteiger partial charge in [-0.25, -0.2) is 9.59 Å². The minimum Gasteiger partial charge on any atom is -0.478 e. The maximum absolute atomic E-state index is 12.3. The van der Waals surface area contributed by atoms with Crippen LogP contribution in [-0.2, 0) is 6.42 Å². The summed E-state index contributed by atoms with van der Waals surface area (Å²) < 4.78 is 0. The van der Waals surface area contributed by atoms with Gasteiger partial charge in [-0.2, -0.15) is 0 Å². The molecule has 0 atom stereocenters. The molecule has 176 valence electrons. The molecule has 4 heteroatoms. The Morgan fingerprint density at radius 1 is 0.765 bits per heavy atom. The van der Waals surface area contributed by atoms with Crippen molar-refractivity contribution in [3.63, 3.8) is 0 Å². The Kier molecular flexibility index (Phi) is 7.16. The van der Waals surface area contributed by atoms with Crippen LogP contribution in [-0.4, -0.2) is 22.2 Å². The average Bonchev–Trinajstić information content (AvgIpc) is 2.84. The maximum atomic E-state index is 12.3. The van der Waals surface area contributed by atoms with Gasteiger partial charge < -0.3 is 10.2 Å². The summed E-state index contributed by atoms with van der Waals surface area (Å²) in [5.41, 5.74) is 5.74. The molecule has 1 aliphatic carbocycles. The first kappa shape index (κ1) is 23.7. The van der Waals surface area contributed by atoms with E-state index >= 15 is 0 Å². The standard InChI is InChI=1S/C30H32O4/c1-19(2)18-21-16-17-22(20-10-4-3-5-11-20)28(24-13-7-9-15-26(24)30(33)34)27(21)23-12-6-8-14-25(23)29(31)32/h6-9,12-17,19-20H,3-5,10-11,18H2,1-2H3,(H,31,32)(H,33,34). The zero-order valence-electron chi connectivity index (χ0n) is 19.9. The summed E-state index contributed by atoms with van der Waals surface area (Å²) in [6, 6.07) is 18.6. The molecular formula is C30H32O4. The lowest BCUT2D eigenvalue weighted by molar-refractivity contribution is 0.0686. The normalized spacial score (nSPS) is 14.3. The Morgan fingerprint density at radius 3 is 1.82 bits per heavy atom. The highest BCUT2D eigenvalue weighted by molar-refractivity contribution is 6.04. The summed E-state index contributed by atoms with van der Waals surface area (Å²) in [4.78, 5) is 24.5. The summed E-state index contributed by atoms with van der Waals surface area (Å²) in [5, 5.41) is 20.1. The molecule has 1 aliphatic rings. The van der Waals surface area contributed by atoms with Crippen LogP contribution in [0.25, 0.3) is 22.3 Å². The van der Waals surface area contributed by atoms with Crippen LogP contribution in [0.5, 0.6) is 0 Å². The molecule has 0 bridgehead atoms. The van der Waals surface area contributed by atoms with E-state index in [0.717, 1.165) is 54.4 Å². The van der Waals surface area contributed by atoms with Gasteiger partial charge >= 0.3 is 11.9 Å². The molecule has 2 N–H and O–H groups in total. The third kappa shape index (κ3) is 4.77. The maximum Gasteiger partial charge on any atom is 0.336 e. The third-order valence-corrected chi connectivity index (χ3v) is 6.85. The van der Waals surface area contributed by atoms with E-state index in [1.54, 1.807) is 24.3 Å². The number of carbonyl (C=O) groups is 2. The second-order valence-electron chi connectivity index (χ2n) is 9.70. The highest BCUT2D eigenvalue weighted by atomic mass is 16.4. The van der Waals surface area contributed by atoms with Gasteiger partial charge in [-0.3, -0.25) is 0 Å². The summed E-state index contributed by atoms with van der Waals surface area (Å²) in [5.74, 6) is -1.27. The Balaban J connectivity index is 2.13. The highest BCUT2D eigenvalue weighted by Crippen LogP contribution is 2.46. The van der Waals surface area contributed by atoms with Gasteiger partial charge in [-0.05, 0) is 76.6 Å². The Bertz CT molecular complexity index is 1200. The van der Waals surface area contributed by atoms with E-state index in [-0.39, 0.29) is 11.1 Å². The number of hydrogen-bond acceptors (Lipinski definition) is 2. The van der Waals surface area contributed by atoms with Crippen molar-refractivity contribution in [2.75, 3.05) is 0 Å². The number of carboxylic acid groups (broad SMARTS) is 2.